The Bertz CT molecular complexity index is 834. The number of fused-ring (bicyclic) bond motifs is 1. The molecule has 0 saturated carbocycles. The standard InChI is InChI=1S/C20H25N3O3/c1-20(2,3)26-19(25)23-10-8-13(9-11-23)17-15(18(21)24)12-14-6-4-5-7-16(14)22-17/h4-7,12-13H,8-11H2,1-3H3,(H2,21,24). The maximum absolute atomic E-state index is 12.2. The molecular weight excluding hydrogens is 330 g/mol. The molecule has 1 aliphatic heterocycles. The van der Waals surface area contributed by atoms with Gasteiger partial charge in [0.25, 0.3) is 5.91 Å². The van der Waals surface area contributed by atoms with Crippen molar-refractivity contribution in [2.45, 2.75) is 45.1 Å². The molecule has 2 amide bonds. The van der Waals surface area contributed by atoms with Gasteiger partial charge < -0.3 is 15.4 Å². The molecule has 1 aromatic heterocycles. The summed E-state index contributed by atoms with van der Waals surface area (Å²) >= 11 is 0. The lowest BCUT2D eigenvalue weighted by Crippen LogP contribution is -2.41. The van der Waals surface area contributed by atoms with Crippen molar-refractivity contribution in [1.29, 1.82) is 0 Å². The summed E-state index contributed by atoms with van der Waals surface area (Å²) in [5.74, 6) is -0.367. The Balaban J connectivity index is 1.80. The number of hydrogen-bond acceptors (Lipinski definition) is 4. The molecule has 1 aliphatic rings. The smallest absolute Gasteiger partial charge is 0.410 e. The first-order chi connectivity index (χ1) is 12.2. The number of amides is 2. The van der Waals surface area contributed by atoms with Crippen molar-refractivity contribution in [3.63, 3.8) is 0 Å². The number of nitrogens with two attached hydrogens (primary N) is 1. The van der Waals surface area contributed by atoms with Crippen molar-refractivity contribution >= 4 is 22.9 Å². The zero-order valence-corrected chi connectivity index (χ0v) is 15.5. The fourth-order valence-corrected chi connectivity index (χ4v) is 3.30. The topological polar surface area (TPSA) is 85.5 Å². The maximum Gasteiger partial charge on any atom is 0.410 e. The number of likely N-dealkylation sites (tertiary alicyclic amines) is 1. The van der Waals surface area contributed by atoms with Crippen molar-refractivity contribution in [2.75, 3.05) is 13.1 Å². The van der Waals surface area contributed by atoms with E-state index in [1.807, 2.05) is 51.1 Å². The van der Waals surface area contributed by atoms with Crippen LogP contribution in [0.2, 0.25) is 0 Å². The minimum absolute atomic E-state index is 0.0980. The fourth-order valence-electron chi connectivity index (χ4n) is 3.30. The summed E-state index contributed by atoms with van der Waals surface area (Å²) < 4.78 is 5.43. The van der Waals surface area contributed by atoms with Gasteiger partial charge in [0.05, 0.1) is 16.8 Å². The molecule has 6 heteroatoms. The molecular formula is C20H25N3O3. The molecule has 2 aromatic rings. The molecule has 6 nitrogen and oxygen atoms in total. The van der Waals surface area contributed by atoms with Gasteiger partial charge in [-0.15, -0.1) is 0 Å². The number of primary amides is 1. The zero-order valence-electron chi connectivity index (χ0n) is 15.5. The van der Waals surface area contributed by atoms with Gasteiger partial charge in [-0.25, -0.2) is 4.79 Å². The molecule has 138 valence electrons. The second-order valence-corrected chi connectivity index (χ2v) is 7.72. The number of pyridine rings is 1. The zero-order chi connectivity index (χ0) is 18.9. The molecule has 0 atom stereocenters. The van der Waals surface area contributed by atoms with Crippen molar-refractivity contribution < 1.29 is 14.3 Å². The first-order valence-corrected chi connectivity index (χ1v) is 8.92. The largest absolute Gasteiger partial charge is 0.444 e. The van der Waals surface area contributed by atoms with Gasteiger partial charge in [-0.05, 0) is 45.7 Å². The third-order valence-corrected chi connectivity index (χ3v) is 4.55. The SMILES string of the molecule is CC(C)(C)OC(=O)N1CCC(c2nc3ccccc3cc2C(N)=O)CC1. The van der Waals surface area contributed by atoms with E-state index in [1.54, 1.807) is 4.90 Å². The number of nitrogens with zero attached hydrogens (tertiary/aromatic N) is 2. The van der Waals surface area contributed by atoms with Crippen LogP contribution in [0.5, 0.6) is 0 Å². The van der Waals surface area contributed by atoms with Crippen molar-refractivity contribution in [2.24, 2.45) is 5.73 Å². The van der Waals surface area contributed by atoms with Crippen LogP contribution < -0.4 is 5.73 Å². The van der Waals surface area contributed by atoms with Crippen molar-refractivity contribution in [3.8, 4) is 0 Å². The number of carbonyl (C=O) groups is 2. The first kappa shape index (κ1) is 18.2. The molecule has 0 radical (unpaired) electrons. The van der Waals surface area contributed by atoms with Crippen LogP contribution in [-0.2, 0) is 4.74 Å². The number of hydrogen-bond donors (Lipinski definition) is 1. The Morgan fingerprint density at radius 1 is 1.19 bits per heavy atom. The van der Waals surface area contributed by atoms with E-state index >= 15 is 0 Å². The van der Waals surface area contributed by atoms with E-state index < -0.39 is 11.5 Å². The third-order valence-electron chi connectivity index (χ3n) is 4.55. The number of piperidine rings is 1. The highest BCUT2D eigenvalue weighted by Crippen LogP contribution is 2.31. The number of para-hydroxylation sites is 1. The molecule has 0 bridgehead atoms. The highest BCUT2D eigenvalue weighted by atomic mass is 16.6. The van der Waals surface area contributed by atoms with Gasteiger partial charge in [0.1, 0.15) is 5.60 Å². The second-order valence-electron chi connectivity index (χ2n) is 7.72. The second kappa shape index (κ2) is 6.94. The highest BCUT2D eigenvalue weighted by molar-refractivity contribution is 5.97. The predicted octanol–water partition coefficient (Wildman–Crippen LogP) is 3.45. The van der Waals surface area contributed by atoms with E-state index in [4.69, 9.17) is 15.5 Å². The Hall–Kier alpha value is -2.63. The Kier molecular flexibility index (Phi) is 4.85. The summed E-state index contributed by atoms with van der Waals surface area (Å²) in [6.45, 7) is 6.72. The highest BCUT2D eigenvalue weighted by Gasteiger charge is 2.30. The van der Waals surface area contributed by atoms with Gasteiger partial charge in [-0.1, -0.05) is 18.2 Å². The third kappa shape index (κ3) is 3.95. The van der Waals surface area contributed by atoms with Gasteiger partial charge in [-0.2, -0.15) is 0 Å². The fraction of sp³-hybridized carbons (Fsp3) is 0.450. The number of benzene rings is 1. The summed E-state index contributed by atoms with van der Waals surface area (Å²) in [6.07, 6.45) is 1.16. The molecule has 0 spiro atoms. The van der Waals surface area contributed by atoms with E-state index in [-0.39, 0.29) is 12.0 Å². The molecule has 2 heterocycles. The molecule has 26 heavy (non-hydrogen) atoms. The lowest BCUT2D eigenvalue weighted by Gasteiger charge is -2.33. The van der Waals surface area contributed by atoms with Crippen molar-refractivity contribution in [3.05, 3.63) is 41.6 Å². The first-order valence-electron chi connectivity index (χ1n) is 8.92. The normalized spacial score (nSPS) is 15.9. The molecule has 0 unspecified atom stereocenters. The molecule has 1 fully saturated rings. The molecule has 1 saturated heterocycles. The molecule has 3 rings (SSSR count). The predicted molar refractivity (Wildman–Crippen MR) is 100 cm³/mol. The monoisotopic (exact) mass is 355 g/mol. The Labute approximate surface area is 153 Å². The Morgan fingerprint density at radius 2 is 1.85 bits per heavy atom. The van der Waals surface area contributed by atoms with Crippen LogP contribution in [0.25, 0.3) is 10.9 Å². The molecule has 0 aliphatic carbocycles. The average Bonchev–Trinajstić information content (AvgIpc) is 2.59. The van der Waals surface area contributed by atoms with E-state index in [2.05, 4.69) is 0 Å². The minimum Gasteiger partial charge on any atom is -0.444 e. The average molecular weight is 355 g/mol. The minimum atomic E-state index is -0.507. The summed E-state index contributed by atoms with van der Waals surface area (Å²) in [5.41, 5.74) is 7.14. The summed E-state index contributed by atoms with van der Waals surface area (Å²) in [7, 11) is 0. The van der Waals surface area contributed by atoms with E-state index in [0.29, 0.717) is 18.7 Å². The quantitative estimate of drug-likeness (QED) is 0.894. The van der Waals surface area contributed by atoms with Gasteiger partial charge >= 0.3 is 6.09 Å². The van der Waals surface area contributed by atoms with Gasteiger partial charge in [0.2, 0.25) is 0 Å². The van der Waals surface area contributed by atoms with Crippen molar-refractivity contribution in [1.82, 2.24) is 9.88 Å². The van der Waals surface area contributed by atoms with Crippen LogP contribution in [0.4, 0.5) is 4.79 Å². The van der Waals surface area contributed by atoms with Gasteiger partial charge in [0.15, 0.2) is 0 Å². The van der Waals surface area contributed by atoms with Crippen LogP contribution in [0.1, 0.15) is 55.6 Å². The number of carbonyl (C=O) groups excluding carboxylic acids is 2. The van der Waals surface area contributed by atoms with E-state index in [1.165, 1.54) is 0 Å². The van der Waals surface area contributed by atoms with Gasteiger partial charge in [-0.3, -0.25) is 9.78 Å². The summed E-state index contributed by atoms with van der Waals surface area (Å²) in [4.78, 5) is 30.6. The number of rotatable bonds is 2. The molecule has 2 N–H and O–H groups in total. The lowest BCUT2D eigenvalue weighted by atomic mass is 9.89. The summed E-state index contributed by atoms with van der Waals surface area (Å²) in [5, 5.41) is 0.899. The van der Waals surface area contributed by atoms with E-state index in [9.17, 15) is 9.59 Å². The van der Waals surface area contributed by atoms with Crippen LogP contribution in [0.15, 0.2) is 30.3 Å². The molecule has 1 aromatic carbocycles. The Morgan fingerprint density at radius 3 is 2.46 bits per heavy atom. The lowest BCUT2D eigenvalue weighted by molar-refractivity contribution is 0.0203. The van der Waals surface area contributed by atoms with Crippen LogP contribution in [-0.4, -0.2) is 40.6 Å². The van der Waals surface area contributed by atoms with E-state index in [0.717, 1.165) is 29.4 Å². The van der Waals surface area contributed by atoms with Crippen LogP contribution in [0, 0.1) is 0 Å². The van der Waals surface area contributed by atoms with Crippen LogP contribution in [0.3, 0.4) is 0 Å². The van der Waals surface area contributed by atoms with Gasteiger partial charge in [0, 0.05) is 24.4 Å². The number of aromatic nitrogens is 1. The maximum atomic E-state index is 12.2. The van der Waals surface area contributed by atoms with Crippen LogP contribution >= 0.6 is 0 Å². The number of ether oxygens (including phenoxy) is 1. The summed E-state index contributed by atoms with van der Waals surface area (Å²) in [6, 6.07) is 9.51.